The molecule has 1 aromatic rings. The zero-order chi connectivity index (χ0) is 18.9. The van der Waals surface area contributed by atoms with Crippen LogP contribution in [0.5, 0.6) is 0 Å². The first-order valence-electron chi connectivity index (χ1n) is 7.72. The predicted molar refractivity (Wildman–Crippen MR) is 88.4 cm³/mol. The number of halogens is 4. The highest BCUT2D eigenvalue weighted by atomic mass is 35.5. The molecular weight excluding hydrogens is 379 g/mol. The molecule has 1 aliphatic rings. The number of hydrogen-bond donors (Lipinski definition) is 0. The first-order chi connectivity index (χ1) is 11.5. The largest absolute Gasteiger partial charge is 0.416 e. The minimum absolute atomic E-state index is 0.112. The Kier molecular flexibility index (Phi) is 5.85. The fraction of sp³-hybridized carbons (Fsp3) is 0.562. The van der Waals surface area contributed by atoms with Gasteiger partial charge in [-0.25, -0.2) is 8.42 Å². The molecule has 1 aliphatic heterocycles. The summed E-state index contributed by atoms with van der Waals surface area (Å²) in [6, 6.07) is 3.33. The Morgan fingerprint density at radius 2 is 1.92 bits per heavy atom. The van der Waals surface area contributed by atoms with Crippen LogP contribution in [0.25, 0.3) is 0 Å². The summed E-state index contributed by atoms with van der Waals surface area (Å²) in [5, 5.41) is 0. The van der Waals surface area contributed by atoms with E-state index >= 15 is 0 Å². The molecular formula is C16H19ClF3NO3S. The highest BCUT2D eigenvalue weighted by molar-refractivity contribution is 7.92. The Morgan fingerprint density at radius 1 is 1.32 bits per heavy atom. The van der Waals surface area contributed by atoms with Crippen LogP contribution < -0.4 is 0 Å². The van der Waals surface area contributed by atoms with Gasteiger partial charge in [0.25, 0.3) is 0 Å². The molecule has 140 valence electrons. The van der Waals surface area contributed by atoms with E-state index in [4.69, 9.17) is 11.6 Å². The molecule has 2 rings (SSSR count). The van der Waals surface area contributed by atoms with Crippen LogP contribution in [0.15, 0.2) is 29.2 Å². The van der Waals surface area contributed by atoms with E-state index in [0.717, 1.165) is 18.4 Å². The highest BCUT2D eigenvalue weighted by Crippen LogP contribution is 2.37. The van der Waals surface area contributed by atoms with Crippen LogP contribution in [-0.2, 0) is 20.8 Å². The van der Waals surface area contributed by atoms with Crippen molar-refractivity contribution in [2.75, 3.05) is 19.0 Å². The Bertz CT molecular complexity index is 728. The van der Waals surface area contributed by atoms with E-state index in [9.17, 15) is 26.4 Å². The number of benzene rings is 1. The Balaban J connectivity index is 2.27. The second-order valence-corrected chi connectivity index (χ2v) is 9.15. The number of nitrogens with zero attached hydrogens (tertiary/aromatic N) is 1. The van der Waals surface area contributed by atoms with Gasteiger partial charge in [-0.05, 0) is 38.0 Å². The van der Waals surface area contributed by atoms with Crippen LogP contribution in [0.2, 0.25) is 0 Å². The summed E-state index contributed by atoms with van der Waals surface area (Å²) in [5.41, 5.74) is -0.988. The predicted octanol–water partition coefficient (Wildman–Crippen LogP) is 3.14. The second-order valence-electron chi connectivity index (χ2n) is 6.37. The zero-order valence-electron chi connectivity index (χ0n) is 13.6. The van der Waals surface area contributed by atoms with E-state index in [0.29, 0.717) is 19.2 Å². The molecule has 0 amide bonds. The third-order valence-electron chi connectivity index (χ3n) is 4.76. The van der Waals surface area contributed by atoms with Crippen molar-refractivity contribution in [3.8, 4) is 0 Å². The first kappa shape index (κ1) is 20.2. The van der Waals surface area contributed by atoms with E-state index in [1.807, 2.05) is 0 Å². The standard InChI is InChI=1S/C16H19ClF3NO3S/c1-15(5-7-21(8-6-15)13(10-17)11-22)25(23,24)14-4-2-3-12(9-14)16(18,19)20/h2-4,9,11,13H,5-8,10H2,1H3. The lowest BCUT2D eigenvalue weighted by Gasteiger charge is -2.40. The van der Waals surface area contributed by atoms with E-state index in [2.05, 4.69) is 0 Å². The molecule has 0 spiro atoms. The number of piperidine rings is 1. The molecule has 0 radical (unpaired) electrons. The van der Waals surface area contributed by atoms with Gasteiger partial charge >= 0.3 is 6.18 Å². The first-order valence-corrected chi connectivity index (χ1v) is 9.74. The molecule has 1 fully saturated rings. The molecule has 4 nitrogen and oxygen atoms in total. The van der Waals surface area contributed by atoms with Gasteiger partial charge in [0.15, 0.2) is 9.84 Å². The molecule has 9 heteroatoms. The third-order valence-corrected chi connectivity index (χ3v) is 7.66. The minimum Gasteiger partial charge on any atom is -0.302 e. The summed E-state index contributed by atoms with van der Waals surface area (Å²) < 4.78 is 63.3. The topological polar surface area (TPSA) is 54.5 Å². The van der Waals surface area contributed by atoms with Crippen molar-refractivity contribution in [1.82, 2.24) is 4.90 Å². The van der Waals surface area contributed by atoms with Gasteiger partial charge in [0.05, 0.1) is 21.2 Å². The summed E-state index contributed by atoms with van der Waals surface area (Å²) in [7, 11) is -3.95. The number of rotatable bonds is 5. The van der Waals surface area contributed by atoms with Crippen LogP contribution in [0.1, 0.15) is 25.3 Å². The van der Waals surface area contributed by atoms with Gasteiger partial charge in [0.1, 0.15) is 6.29 Å². The fourth-order valence-electron chi connectivity index (χ4n) is 2.94. The lowest BCUT2D eigenvalue weighted by Crippen LogP contribution is -2.51. The summed E-state index contributed by atoms with van der Waals surface area (Å²) >= 11 is 5.72. The van der Waals surface area contributed by atoms with Gasteiger partial charge in [-0.1, -0.05) is 6.07 Å². The molecule has 0 aliphatic carbocycles. The number of alkyl halides is 4. The van der Waals surface area contributed by atoms with Crippen molar-refractivity contribution < 1.29 is 26.4 Å². The van der Waals surface area contributed by atoms with Gasteiger partial charge in [-0.15, -0.1) is 11.6 Å². The molecule has 1 atom stereocenters. The summed E-state index contributed by atoms with van der Waals surface area (Å²) in [6.07, 6.45) is -3.45. The molecule has 25 heavy (non-hydrogen) atoms. The summed E-state index contributed by atoms with van der Waals surface area (Å²) in [5.74, 6) is 0.112. The Morgan fingerprint density at radius 3 is 2.40 bits per heavy atom. The highest BCUT2D eigenvalue weighted by Gasteiger charge is 2.44. The lowest BCUT2D eigenvalue weighted by molar-refractivity contribution is -0.137. The molecule has 1 heterocycles. The molecule has 0 N–H and O–H groups in total. The number of hydrogen-bond acceptors (Lipinski definition) is 4. The van der Waals surface area contributed by atoms with E-state index in [1.54, 1.807) is 4.90 Å². The van der Waals surface area contributed by atoms with Crippen LogP contribution in [0, 0.1) is 0 Å². The molecule has 0 saturated carbocycles. The number of aldehydes is 1. The van der Waals surface area contributed by atoms with Gasteiger partial charge in [-0.3, -0.25) is 4.90 Å². The van der Waals surface area contributed by atoms with Crippen molar-refractivity contribution in [2.45, 2.75) is 41.6 Å². The van der Waals surface area contributed by atoms with Crippen molar-refractivity contribution in [3.05, 3.63) is 29.8 Å². The smallest absolute Gasteiger partial charge is 0.302 e. The van der Waals surface area contributed by atoms with Gasteiger partial charge in [-0.2, -0.15) is 13.2 Å². The van der Waals surface area contributed by atoms with Gasteiger partial charge < -0.3 is 4.79 Å². The van der Waals surface area contributed by atoms with Crippen LogP contribution in [-0.4, -0.2) is 49.4 Å². The van der Waals surface area contributed by atoms with E-state index in [1.165, 1.54) is 13.0 Å². The normalized spacial score (nSPS) is 20.2. The second kappa shape index (κ2) is 7.25. The van der Waals surface area contributed by atoms with Crippen LogP contribution >= 0.6 is 11.6 Å². The zero-order valence-corrected chi connectivity index (χ0v) is 15.2. The minimum atomic E-state index is -4.60. The fourth-order valence-corrected chi connectivity index (χ4v) is 5.04. The van der Waals surface area contributed by atoms with Crippen molar-refractivity contribution in [2.24, 2.45) is 0 Å². The number of carbonyl (C=O) groups is 1. The van der Waals surface area contributed by atoms with Gasteiger partial charge in [0.2, 0.25) is 0 Å². The average Bonchev–Trinajstić information content (AvgIpc) is 2.57. The average molecular weight is 398 g/mol. The Hall–Kier alpha value is -1.12. The molecule has 1 saturated heterocycles. The SMILES string of the molecule is CC1(S(=O)(=O)c2cccc(C(F)(F)F)c2)CCN(C(C=O)CCl)CC1. The maximum Gasteiger partial charge on any atom is 0.416 e. The molecule has 0 aromatic heterocycles. The van der Waals surface area contributed by atoms with Crippen molar-refractivity contribution in [3.63, 3.8) is 0 Å². The summed E-state index contributed by atoms with van der Waals surface area (Å²) in [4.78, 5) is 12.5. The van der Waals surface area contributed by atoms with Crippen molar-refractivity contribution in [1.29, 1.82) is 0 Å². The maximum absolute atomic E-state index is 12.9. The number of sulfone groups is 1. The maximum atomic E-state index is 12.9. The number of likely N-dealkylation sites (tertiary alicyclic amines) is 1. The summed E-state index contributed by atoms with van der Waals surface area (Å²) in [6.45, 7) is 2.21. The van der Waals surface area contributed by atoms with E-state index in [-0.39, 0.29) is 23.6 Å². The lowest BCUT2D eigenvalue weighted by atomic mass is 9.97. The number of carbonyl (C=O) groups excluding carboxylic acids is 1. The molecule has 1 unspecified atom stereocenters. The molecule has 0 bridgehead atoms. The van der Waals surface area contributed by atoms with Gasteiger partial charge in [0, 0.05) is 19.0 Å². The Labute approximate surface area is 149 Å². The third kappa shape index (κ3) is 4.01. The van der Waals surface area contributed by atoms with Crippen LogP contribution in [0.3, 0.4) is 0 Å². The monoisotopic (exact) mass is 397 g/mol. The molecule has 1 aromatic carbocycles. The quantitative estimate of drug-likeness (QED) is 0.566. The van der Waals surface area contributed by atoms with Crippen molar-refractivity contribution >= 4 is 27.7 Å². The van der Waals surface area contributed by atoms with Crippen LogP contribution in [0.4, 0.5) is 13.2 Å². The van der Waals surface area contributed by atoms with E-state index < -0.39 is 32.4 Å².